The molecule has 0 radical (unpaired) electrons. The van der Waals surface area contributed by atoms with Crippen LogP contribution in [-0.2, 0) is 13.0 Å². The second-order valence-electron chi connectivity index (χ2n) is 7.29. The van der Waals surface area contributed by atoms with Gasteiger partial charge >= 0.3 is 5.69 Å². The van der Waals surface area contributed by atoms with Crippen molar-refractivity contribution in [3.8, 4) is 0 Å². The maximum Gasteiger partial charge on any atom is 0.329 e. The number of fused-ring (bicyclic) bond motifs is 2. The van der Waals surface area contributed by atoms with E-state index in [1.54, 1.807) is 29.4 Å². The van der Waals surface area contributed by atoms with E-state index >= 15 is 0 Å². The molecule has 28 heavy (non-hydrogen) atoms. The summed E-state index contributed by atoms with van der Waals surface area (Å²) in [6.45, 7) is 0.0427. The van der Waals surface area contributed by atoms with Gasteiger partial charge in [-0.1, -0.05) is 0 Å². The SMILES string of the molecule is O=c1n(Cc2nc3cnccn3c2CCCCF)c2cnccc2n1C1CC1. The maximum atomic E-state index is 13.2. The van der Waals surface area contributed by atoms with Gasteiger partial charge in [0.15, 0.2) is 5.65 Å². The molecule has 0 unspecified atom stereocenters. The Labute approximate surface area is 160 Å². The van der Waals surface area contributed by atoms with Crippen molar-refractivity contribution < 1.29 is 4.39 Å². The highest BCUT2D eigenvalue weighted by molar-refractivity contribution is 5.75. The fourth-order valence-corrected chi connectivity index (χ4v) is 3.90. The molecule has 0 bridgehead atoms. The minimum Gasteiger partial charge on any atom is -0.301 e. The molecule has 4 aromatic heterocycles. The number of nitrogens with zero attached hydrogens (tertiary/aromatic N) is 6. The number of aromatic nitrogens is 6. The number of halogens is 1. The Kier molecular flexibility index (Phi) is 4.18. The van der Waals surface area contributed by atoms with Crippen LogP contribution in [0.5, 0.6) is 0 Å². The summed E-state index contributed by atoms with van der Waals surface area (Å²) in [6.07, 6.45) is 12.8. The number of hydrogen-bond acceptors (Lipinski definition) is 4. The van der Waals surface area contributed by atoms with Gasteiger partial charge in [-0.3, -0.25) is 23.5 Å². The van der Waals surface area contributed by atoms with Crippen molar-refractivity contribution in [3.63, 3.8) is 0 Å². The van der Waals surface area contributed by atoms with Crippen LogP contribution in [0.15, 0.2) is 41.8 Å². The molecule has 7 nitrogen and oxygen atoms in total. The molecule has 1 aliphatic rings. The Morgan fingerprint density at radius 1 is 1.11 bits per heavy atom. The van der Waals surface area contributed by atoms with E-state index < -0.39 is 0 Å². The Bertz CT molecular complexity index is 1200. The van der Waals surface area contributed by atoms with Gasteiger partial charge < -0.3 is 4.40 Å². The minimum absolute atomic E-state index is 0.0182. The summed E-state index contributed by atoms with van der Waals surface area (Å²) in [5, 5.41) is 0. The van der Waals surface area contributed by atoms with Crippen molar-refractivity contribution in [1.29, 1.82) is 0 Å². The molecule has 4 heterocycles. The van der Waals surface area contributed by atoms with Gasteiger partial charge in [0.1, 0.15) is 0 Å². The Hall–Kier alpha value is -3.03. The van der Waals surface area contributed by atoms with Gasteiger partial charge in [-0.25, -0.2) is 9.78 Å². The standard InChI is InChI=1S/C20H21FN6O/c21-7-2-1-3-16-15(24-19-12-23-9-10-25(16)19)13-26-18-11-22-8-6-17(18)27(20(26)28)14-4-5-14/h6,8-12,14H,1-5,7,13H2. The topological polar surface area (TPSA) is 70.0 Å². The quantitative estimate of drug-likeness (QED) is 0.462. The van der Waals surface area contributed by atoms with Crippen LogP contribution in [0.1, 0.15) is 43.1 Å². The molecule has 0 aliphatic heterocycles. The van der Waals surface area contributed by atoms with E-state index in [1.807, 2.05) is 21.2 Å². The maximum absolute atomic E-state index is 13.2. The second-order valence-corrected chi connectivity index (χ2v) is 7.29. The summed E-state index contributed by atoms with van der Waals surface area (Å²) in [5.74, 6) is 0. The first-order chi connectivity index (χ1) is 13.8. The summed E-state index contributed by atoms with van der Waals surface area (Å²) in [5.41, 5.74) is 4.30. The molecule has 1 fully saturated rings. The van der Waals surface area contributed by atoms with Crippen molar-refractivity contribution in [2.24, 2.45) is 0 Å². The van der Waals surface area contributed by atoms with Gasteiger partial charge in [0.05, 0.1) is 42.3 Å². The molecule has 0 aromatic carbocycles. The first-order valence-electron chi connectivity index (χ1n) is 9.68. The molecule has 0 N–H and O–H groups in total. The number of aryl methyl sites for hydroxylation is 1. The van der Waals surface area contributed by atoms with Crippen molar-refractivity contribution in [2.75, 3.05) is 6.67 Å². The van der Waals surface area contributed by atoms with Crippen molar-refractivity contribution in [1.82, 2.24) is 28.5 Å². The van der Waals surface area contributed by atoms with E-state index in [1.165, 1.54) is 0 Å². The van der Waals surface area contributed by atoms with Crippen LogP contribution >= 0.6 is 0 Å². The molecule has 0 saturated heterocycles. The molecule has 8 heteroatoms. The van der Waals surface area contributed by atoms with Gasteiger partial charge in [-0.05, 0) is 38.2 Å². The predicted octanol–water partition coefficient (Wildman–Crippen LogP) is 2.92. The smallest absolute Gasteiger partial charge is 0.301 e. The number of pyridine rings is 1. The van der Waals surface area contributed by atoms with E-state index in [9.17, 15) is 9.18 Å². The van der Waals surface area contributed by atoms with Crippen molar-refractivity contribution in [2.45, 2.75) is 44.7 Å². The lowest BCUT2D eigenvalue weighted by Crippen LogP contribution is -2.24. The van der Waals surface area contributed by atoms with E-state index in [0.717, 1.165) is 47.3 Å². The zero-order chi connectivity index (χ0) is 19.1. The summed E-state index contributed by atoms with van der Waals surface area (Å²) < 4.78 is 18.2. The summed E-state index contributed by atoms with van der Waals surface area (Å²) in [4.78, 5) is 26.3. The van der Waals surface area contributed by atoms with E-state index in [0.29, 0.717) is 19.4 Å². The van der Waals surface area contributed by atoms with Crippen LogP contribution in [0.2, 0.25) is 0 Å². The third-order valence-electron chi connectivity index (χ3n) is 5.39. The number of rotatable bonds is 7. The fraction of sp³-hybridized carbons (Fsp3) is 0.400. The zero-order valence-electron chi connectivity index (χ0n) is 15.5. The highest BCUT2D eigenvalue weighted by Crippen LogP contribution is 2.36. The highest BCUT2D eigenvalue weighted by atomic mass is 19.1. The number of unbranched alkanes of at least 4 members (excludes halogenated alkanes) is 1. The molecular weight excluding hydrogens is 359 g/mol. The lowest BCUT2D eigenvalue weighted by Gasteiger charge is -2.06. The van der Waals surface area contributed by atoms with Gasteiger partial charge in [-0.2, -0.15) is 0 Å². The van der Waals surface area contributed by atoms with Gasteiger partial charge in [0.2, 0.25) is 0 Å². The van der Waals surface area contributed by atoms with Gasteiger partial charge in [0.25, 0.3) is 0 Å². The first-order valence-corrected chi connectivity index (χ1v) is 9.68. The number of hydrogen-bond donors (Lipinski definition) is 0. The summed E-state index contributed by atoms with van der Waals surface area (Å²) >= 11 is 0. The molecule has 4 aromatic rings. The Balaban J connectivity index is 1.62. The molecule has 0 amide bonds. The predicted molar refractivity (Wildman–Crippen MR) is 103 cm³/mol. The average Bonchev–Trinajstić information content (AvgIpc) is 3.43. The molecule has 1 saturated carbocycles. The normalized spacial score (nSPS) is 14.3. The lowest BCUT2D eigenvalue weighted by molar-refractivity contribution is 0.460. The Morgan fingerprint density at radius 3 is 2.79 bits per heavy atom. The van der Waals surface area contributed by atoms with Crippen LogP contribution in [0.3, 0.4) is 0 Å². The number of imidazole rings is 2. The van der Waals surface area contributed by atoms with E-state index in [4.69, 9.17) is 4.98 Å². The van der Waals surface area contributed by atoms with Gasteiger partial charge in [-0.15, -0.1) is 0 Å². The molecule has 0 spiro atoms. The van der Waals surface area contributed by atoms with Crippen molar-refractivity contribution in [3.05, 3.63) is 58.9 Å². The molecule has 144 valence electrons. The van der Waals surface area contributed by atoms with Crippen LogP contribution < -0.4 is 5.69 Å². The van der Waals surface area contributed by atoms with E-state index in [-0.39, 0.29) is 18.4 Å². The summed E-state index contributed by atoms with van der Waals surface area (Å²) in [6, 6.07) is 2.19. The Morgan fingerprint density at radius 2 is 1.96 bits per heavy atom. The molecule has 1 aliphatic carbocycles. The van der Waals surface area contributed by atoms with E-state index in [2.05, 4.69) is 9.97 Å². The van der Waals surface area contributed by atoms with Crippen molar-refractivity contribution >= 4 is 16.7 Å². The molecular formula is C20H21FN6O. The van der Waals surface area contributed by atoms with Crippen LogP contribution in [0, 0.1) is 0 Å². The fourth-order valence-electron chi connectivity index (χ4n) is 3.90. The first kappa shape index (κ1) is 17.1. The van der Waals surface area contributed by atoms with Crippen LogP contribution in [-0.4, -0.2) is 35.2 Å². The minimum atomic E-state index is -0.326. The highest BCUT2D eigenvalue weighted by Gasteiger charge is 2.29. The summed E-state index contributed by atoms with van der Waals surface area (Å²) in [7, 11) is 0. The third-order valence-corrected chi connectivity index (χ3v) is 5.39. The molecule has 0 atom stereocenters. The zero-order valence-corrected chi connectivity index (χ0v) is 15.5. The molecule has 5 rings (SSSR count). The lowest BCUT2D eigenvalue weighted by atomic mass is 10.1. The largest absolute Gasteiger partial charge is 0.329 e. The number of alkyl halides is 1. The van der Waals surface area contributed by atoms with Gasteiger partial charge in [0, 0.05) is 30.3 Å². The monoisotopic (exact) mass is 380 g/mol. The average molecular weight is 380 g/mol. The third kappa shape index (κ3) is 2.80. The second kappa shape index (κ2) is 6.85. The van der Waals surface area contributed by atoms with Crippen LogP contribution in [0.4, 0.5) is 4.39 Å². The van der Waals surface area contributed by atoms with Crippen LogP contribution in [0.25, 0.3) is 16.7 Å².